The van der Waals surface area contributed by atoms with Crippen molar-refractivity contribution in [3.8, 4) is 0 Å². The topological polar surface area (TPSA) is 35.5 Å². The van der Waals surface area contributed by atoms with Crippen LogP contribution in [-0.4, -0.2) is 48.3 Å². The van der Waals surface area contributed by atoms with Gasteiger partial charge in [0.25, 0.3) is 0 Å². The normalized spacial score (nSPS) is 20.0. The van der Waals surface area contributed by atoms with E-state index in [1.165, 1.54) is 12.8 Å². The minimum atomic E-state index is -0.420. The molecule has 0 bridgehead atoms. The first-order valence-electron chi connectivity index (χ1n) is 7.37. The van der Waals surface area contributed by atoms with Crippen LogP contribution in [0.1, 0.15) is 53.4 Å². The van der Waals surface area contributed by atoms with Crippen molar-refractivity contribution < 1.29 is 5.11 Å². The van der Waals surface area contributed by atoms with Crippen LogP contribution in [0.25, 0.3) is 0 Å². The van der Waals surface area contributed by atoms with Crippen molar-refractivity contribution in [2.24, 2.45) is 5.41 Å². The van der Waals surface area contributed by atoms with Gasteiger partial charge in [0.1, 0.15) is 0 Å². The zero-order valence-electron chi connectivity index (χ0n) is 12.9. The van der Waals surface area contributed by atoms with Crippen LogP contribution in [0.4, 0.5) is 0 Å². The van der Waals surface area contributed by atoms with Gasteiger partial charge >= 0.3 is 0 Å². The lowest BCUT2D eigenvalue weighted by Gasteiger charge is -2.35. The van der Waals surface area contributed by atoms with Crippen LogP contribution in [0.2, 0.25) is 0 Å². The Morgan fingerprint density at radius 3 is 2.33 bits per heavy atom. The van der Waals surface area contributed by atoms with Gasteiger partial charge in [-0.2, -0.15) is 0 Å². The Labute approximate surface area is 113 Å². The molecule has 0 radical (unpaired) electrons. The van der Waals surface area contributed by atoms with E-state index in [4.69, 9.17) is 0 Å². The fourth-order valence-electron chi connectivity index (χ4n) is 3.02. The number of nitrogens with zero attached hydrogens (tertiary/aromatic N) is 1. The molecule has 3 nitrogen and oxygen atoms in total. The SMILES string of the molecule is CC(C)NCC(C)(C)CN(C)CC1(O)CCCC1. The Hall–Kier alpha value is -0.120. The Morgan fingerprint density at radius 1 is 1.28 bits per heavy atom. The third kappa shape index (κ3) is 5.68. The smallest absolute Gasteiger partial charge is 0.0774 e. The summed E-state index contributed by atoms with van der Waals surface area (Å²) in [5.74, 6) is 0. The molecule has 0 unspecified atom stereocenters. The molecule has 0 spiro atoms. The second-order valence-electron chi connectivity index (χ2n) is 7.30. The summed E-state index contributed by atoms with van der Waals surface area (Å²) in [4.78, 5) is 2.30. The number of nitrogens with one attached hydrogen (secondary N) is 1. The van der Waals surface area contributed by atoms with Crippen molar-refractivity contribution in [3.63, 3.8) is 0 Å². The van der Waals surface area contributed by atoms with Crippen LogP contribution in [-0.2, 0) is 0 Å². The molecule has 18 heavy (non-hydrogen) atoms. The highest BCUT2D eigenvalue weighted by molar-refractivity contribution is 4.88. The molecule has 1 saturated carbocycles. The highest BCUT2D eigenvalue weighted by Crippen LogP contribution is 2.30. The van der Waals surface area contributed by atoms with E-state index >= 15 is 0 Å². The van der Waals surface area contributed by atoms with Gasteiger partial charge in [0.15, 0.2) is 0 Å². The molecule has 0 amide bonds. The Bertz CT molecular complexity index is 245. The second kappa shape index (κ2) is 6.36. The maximum absolute atomic E-state index is 10.4. The van der Waals surface area contributed by atoms with Crippen LogP contribution in [0.3, 0.4) is 0 Å². The predicted molar refractivity (Wildman–Crippen MR) is 77.8 cm³/mol. The molecule has 0 aromatic heterocycles. The number of likely N-dealkylation sites (N-methyl/N-ethyl adjacent to an activating group) is 1. The Kier molecular flexibility index (Phi) is 5.63. The van der Waals surface area contributed by atoms with Gasteiger partial charge in [-0.05, 0) is 25.3 Å². The van der Waals surface area contributed by atoms with Gasteiger partial charge in [-0.3, -0.25) is 0 Å². The van der Waals surface area contributed by atoms with Crippen molar-refractivity contribution in [3.05, 3.63) is 0 Å². The highest BCUT2D eigenvalue weighted by Gasteiger charge is 2.33. The minimum absolute atomic E-state index is 0.244. The van der Waals surface area contributed by atoms with Gasteiger partial charge in [0, 0.05) is 25.7 Å². The molecule has 0 aromatic carbocycles. The quantitative estimate of drug-likeness (QED) is 0.733. The summed E-state index contributed by atoms with van der Waals surface area (Å²) in [5.41, 5.74) is -0.176. The van der Waals surface area contributed by atoms with E-state index in [9.17, 15) is 5.11 Å². The summed E-state index contributed by atoms with van der Waals surface area (Å²) in [5, 5.41) is 13.9. The van der Waals surface area contributed by atoms with E-state index in [0.29, 0.717) is 6.04 Å². The molecule has 2 N–H and O–H groups in total. The summed E-state index contributed by atoms with van der Waals surface area (Å²) < 4.78 is 0. The van der Waals surface area contributed by atoms with Crippen LogP contribution in [0.5, 0.6) is 0 Å². The van der Waals surface area contributed by atoms with Crippen molar-refractivity contribution in [2.45, 2.75) is 65.0 Å². The van der Waals surface area contributed by atoms with E-state index < -0.39 is 5.60 Å². The molecule has 108 valence electrons. The fraction of sp³-hybridized carbons (Fsp3) is 1.00. The number of hydrogen-bond donors (Lipinski definition) is 2. The summed E-state index contributed by atoms with van der Waals surface area (Å²) in [6, 6.07) is 0.536. The van der Waals surface area contributed by atoms with Gasteiger partial charge in [-0.15, -0.1) is 0 Å². The number of hydrogen-bond acceptors (Lipinski definition) is 3. The predicted octanol–water partition coefficient (Wildman–Crippen LogP) is 2.25. The third-order valence-electron chi connectivity index (χ3n) is 3.79. The number of aliphatic hydroxyl groups is 1. The zero-order chi connectivity index (χ0) is 13.8. The third-order valence-corrected chi connectivity index (χ3v) is 3.79. The van der Waals surface area contributed by atoms with Crippen molar-refractivity contribution >= 4 is 0 Å². The molecular weight excluding hydrogens is 224 g/mol. The van der Waals surface area contributed by atoms with Crippen molar-refractivity contribution in [1.82, 2.24) is 10.2 Å². The molecule has 1 rings (SSSR count). The first-order chi connectivity index (χ1) is 8.22. The van der Waals surface area contributed by atoms with E-state index in [2.05, 4.69) is 45.0 Å². The standard InChI is InChI=1S/C15H32N2O/c1-13(2)16-10-14(3,4)11-17(5)12-15(18)8-6-7-9-15/h13,16,18H,6-12H2,1-5H3. The number of rotatable bonds is 7. The molecular formula is C15H32N2O. The van der Waals surface area contributed by atoms with Gasteiger partial charge < -0.3 is 15.3 Å². The van der Waals surface area contributed by atoms with Crippen molar-refractivity contribution in [2.75, 3.05) is 26.7 Å². The summed E-state index contributed by atoms with van der Waals surface area (Å²) in [6.07, 6.45) is 4.31. The van der Waals surface area contributed by atoms with Gasteiger partial charge in [0.2, 0.25) is 0 Å². The average molecular weight is 256 g/mol. The maximum Gasteiger partial charge on any atom is 0.0774 e. The van der Waals surface area contributed by atoms with Crippen LogP contribution < -0.4 is 5.32 Å². The monoisotopic (exact) mass is 256 g/mol. The first-order valence-corrected chi connectivity index (χ1v) is 7.37. The second-order valence-corrected chi connectivity index (χ2v) is 7.30. The van der Waals surface area contributed by atoms with Crippen LogP contribution >= 0.6 is 0 Å². The van der Waals surface area contributed by atoms with Gasteiger partial charge in [-0.1, -0.05) is 40.5 Å². The van der Waals surface area contributed by atoms with E-state index in [1.807, 2.05) is 0 Å². The zero-order valence-corrected chi connectivity index (χ0v) is 12.9. The van der Waals surface area contributed by atoms with Crippen LogP contribution in [0.15, 0.2) is 0 Å². The van der Waals surface area contributed by atoms with Crippen LogP contribution in [0, 0.1) is 5.41 Å². The molecule has 1 aliphatic carbocycles. The van der Waals surface area contributed by atoms with E-state index in [0.717, 1.165) is 32.5 Å². The molecule has 3 heteroatoms. The van der Waals surface area contributed by atoms with Crippen molar-refractivity contribution in [1.29, 1.82) is 0 Å². The highest BCUT2D eigenvalue weighted by atomic mass is 16.3. The average Bonchev–Trinajstić information content (AvgIpc) is 2.60. The molecule has 0 heterocycles. The lowest BCUT2D eigenvalue weighted by molar-refractivity contribution is 0.00808. The lowest BCUT2D eigenvalue weighted by atomic mass is 9.91. The summed E-state index contributed by atoms with van der Waals surface area (Å²) in [7, 11) is 2.13. The molecule has 1 aliphatic rings. The Balaban J connectivity index is 2.35. The van der Waals surface area contributed by atoms with Gasteiger partial charge in [0.05, 0.1) is 5.60 Å². The van der Waals surface area contributed by atoms with E-state index in [1.54, 1.807) is 0 Å². The summed E-state index contributed by atoms with van der Waals surface area (Å²) in [6.45, 7) is 11.8. The Morgan fingerprint density at radius 2 is 1.83 bits per heavy atom. The molecule has 0 saturated heterocycles. The molecule has 0 aromatic rings. The van der Waals surface area contributed by atoms with E-state index in [-0.39, 0.29) is 5.41 Å². The summed E-state index contributed by atoms with van der Waals surface area (Å²) >= 11 is 0. The lowest BCUT2D eigenvalue weighted by Crippen LogP contribution is -2.46. The maximum atomic E-state index is 10.4. The molecule has 0 atom stereocenters. The largest absolute Gasteiger partial charge is 0.389 e. The van der Waals surface area contributed by atoms with Gasteiger partial charge in [-0.25, -0.2) is 0 Å². The molecule has 1 fully saturated rings. The fourth-order valence-corrected chi connectivity index (χ4v) is 3.02. The first kappa shape index (κ1) is 15.9. The minimum Gasteiger partial charge on any atom is -0.389 e. The molecule has 0 aliphatic heterocycles.